The van der Waals surface area contributed by atoms with Gasteiger partial charge in [-0.2, -0.15) is 5.10 Å². The van der Waals surface area contributed by atoms with Crippen molar-refractivity contribution in [3.63, 3.8) is 0 Å². The van der Waals surface area contributed by atoms with E-state index < -0.39 is 0 Å². The molecule has 6 nitrogen and oxygen atoms in total. The van der Waals surface area contributed by atoms with E-state index in [0.29, 0.717) is 5.56 Å². The fraction of sp³-hybridized carbons (Fsp3) is 0.438. The SMILES string of the molecule is Cc1cccc(NCC2CCCN2C(=O)c2cn[nH]c2C)n1. The quantitative estimate of drug-likeness (QED) is 0.907. The Bertz CT molecular complexity index is 666. The van der Waals surface area contributed by atoms with Crippen molar-refractivity contribution >= 4 is 11.7 Å². The van der Waals surface area contributed by atoms with E-state index in [4.69, 9.17) is 0 Å². The maximum atomic E-state index is 12.6. The van der Waals surface area contributed by atoms with Crippen molar-refractivity contribution in [2.75, 3.05) is 18.4 Å². The molecule has 2 aromatic rings. The van der Waals surface area contributed by atoms with Crippen LogP contribution in [0, 0.1) is 13.8 Å². The zero-order valence-corrected chi connectivity index (χ0v) is 13.0. The fourth-order valence-electron chi connectivity index (χ4n) is 2.90. The first-order valence-corrected chi connectivity index (χ1v) is 7.63. The van der Waals surface area contributed by atoms with Gasteiger partial charge in [0.15, 0.2) is 0 Å². The first kappa shape index (κ1) is 14.6. The molecule has 1 unspecified atom stereocenters. The number of amides is 1. The second-order valence-electron chi connectivity index (χ2n) is 5.75. The van der Waals surface area contributed by atoms with Crippen molar-refractivity contribution in [3.8, 4) is 0 Å². The van der Waals surface area contributed by atoms with E-state index in [9.17, 15) is 4.79 Å². The molecule has 0 aromatic carbocycles. The number of carbonyl (C=O) groups is 1. The number of aromatic amines is 1. The number of hydrogen-bond acceptors (Lipinski definition) is 4. The smallest absolute Gasteiger partial charge is 0.257 e. The van der Waals surface area contributed by atoms with Crippen LogP contribution in [-0.4, -0.2) is 45.1 Å². The van der Waals surface area contributed by atoms with E-state index in [1.807, 2.05) is 36.9 Å². The Morgan fingerprint density at radius 1 is 1.45 bits per heavy atom. The average molecular weight is 299 g/mol. The second kappa shape index (κ2) is 6.17. The molecule has 2 aromatic heterocycles. The van der Waals surface area contributed by atoms with Crippen LogP contribution in [0.1, 0.15) is 34.6 Å². The van der Waals surface area contributed by atoms with Gasteiger partial charge in [0.05, 0.1) is 11.8 Å². The van der Waals surface area contributed by atoms with E-state index in [0.717, 1.165) is 43.1 Å². The molecule has 1 aliphatic heterocycles. The first-order valence-electron chi connectivity index (χ1n) is 7.63. The number of H-pyrrole nitrogens is 1. The number of nitrogens with one attached hydrogen (secondary N) is 2. The monoisotopic (exact) mass is 299 g/mol. The third-order valence-electron chi connectivity index (χ3n) is 4.11. The lowest BCUT2D eigenvalue weighted by molar-refractivity contribution is 0.0743. The summed E-state index contributed by atoms with van der Waals surface area (Å²) in [4.78, 5) is 19.0. The van der Waals surface area contributed by atoms with Gasteiger partial charge in [-0.1, -0.05) is 6.07 Å². The maximum absolute atomic E-state index is 12.6. The summed E-state index contributed by atoms with van der Waals surface area (Å²) in [6.45, 7) is 5.37. The van der Waals surface area contributed by atoms with Gasteiger partial charge in [0, 0.05) is 30.5 Å². The van der Waals surface area contributed by atoms with Gasteiger partial charge in [0.1, 0.15) is 5.82 Å². The van der Waals surface area contributed by atoms with Crippen molar-refractivity contribution in [2.45, 2.75) is 32.7 Å². The lowest BCUT2D eigenvalue weighted by atomic mass is 10.2. The summed E-state index contributed by atoms with van der Waals surface area (Å²) >= 11 is 0. The minimum Gasteiger partial charge on any atom is -0.368 e. The number of rotatable bonds is 4. The largest absolute Gasteiger partial charge is 0.368 e. The Kier molecular flexibility index (Phi) is 4.09. The number of hydrogen-bond donors (Lipinski definition) is 2. The molecule has 2 N–H and O–H groups in total. The molecule has 22 heavy (non-hydrogen) atoms. The van der Waals surface area contributed by atoms with Crippen LogP contribution >= 0.6 is 0 Å². The Balaban J connectivity index is 1.66. The molecule has 3 rings (SSSR count). The van der Waals surface area contributed by atoms with Crippen molar-refractivity contribution in [3.05, 3.63) is 41.3 Å². The van der Waals surface area contributed by atoms with Crippen molar-refractivity contribution in [1.82, 2.24) is 20.1 Å². The standard InChI is InChI=1S/C16H21N5O/c1-11-5-3-7-15(19-11)17-9-13-6-4-8-21(13)16(22)14-10-18-20-12(14)2/h3,5,7,10,13H,4,6,8-9H2,1-2H3,(H,17,19)(H,18,20). The topological polar surface area (TPSA) is 73.9 Å². The molecule has 0 aliphatic carbocycles. The molecule has 1 atom stereocenters. The van der Waals surface area contributed by atoms with Gasteiger partial charge in [0.2, 0.25) is 0 Å². The van der Waals surface area contributed by atoms with E-state index >= 15 is 0 Å². The molecule has 0 radical (unpaired) electrons. The summed E-state index contributed by atoms with van der Waals surface area (Å²) < 4.78 is 0. The highest BCUT2D eigenvalue weighted by Gasteiger charge is 2.30. The number of carbonyl (C=O) groups excluding carboxylic acids is 1. The van der Waals surface area contributed by atoms with Gasteiger partial charge in [-0.3, -0.25) is 9.89 Å². The van der Waals surface area contributed by atoms with Crippen LogP contribution in [0.25, 0.3) is 0 Å². The molecule has 1 fully saturated rings. The number of aromatic nitrogens is 3. The van der Waals surface area contributed by atoms with Gasteiger partial charge in [-0.25, -0.2) is 4.98 Å². The summed E-state index contributed by atoms with van der Waals surface area (Å²) in [5, 5.41) is 10.1. The third-order valence-corrected chi connectivity index (χ3v) is 4.11. The van der Waals surface area contributed by atoms with Gasteiger partial charge in [-0.15, -0.1) is 0 Å². The number of nitrogens with zero attached hydrogens (tertiary/aromatic N) is 3. The predicted octanol–water partition coefficient (Wildman–Crippen LogP) is 2.14. The Morgan fingerprint density at radius 3 is 3.05 bits per heavy atom. The third kappa shape index (κ3) is 2.95. The van der Waals surface area contributed by atoms with E-state index in [1.165, 1.54) is 0 Å². The number of likely N-dealkylation sites (tertiary alicyclic amines) is 1. The minimum absolute atomic E-state index is 0.0627. The van der Waals surface area contributed by atoms with Gasteiger partial charge in [-0.05, 0) is 38.8 Å². The molecular weight excluding hydrogens is 278 g/mol. The molecule has 1 aliphatic rings. The lowest BCUT2D eigenvalue weighted by Gasteiger charge is -2.25. The second-order valence-corrected chi connectivity index (χ2v) is 5.75. The molecule has 1 saturated heterocycles. The Labute approximate surface area is 129 Å². The molecule has 1 amide bonds. The highest BCUT2D eigenvalue weighted by Crippen LogP contribution is 2.21. The van der Waals surface area contributed by atoms with Gasteiger partial charge in [0.25, 0.3) is 5.91 Å². The summed E-state index contributed by atoms with van der Waals surface area (Å²) in [6.07, 6.45) is 3.67. The fourth-order valence-corrected chi connectivity index (χ4v) is 2.90. The zero-order valence-electron chi connectivity index (χ0n) is 13.0. The number of pyridine rings is 1. The zero-order chi connectivity index (χ0) is 15.5. The number of aryl methyl sites for hydroxylation is 2. The predicted molar refractivity (Wildman–Crippen MR) is 84.8 cm³/mol. The molecule has 0 saturated carbocycles. The molecule has 0 spiro atoms. The molecular formula is C16H21N5O. The lowest BCUT2D eigenvalue weighted by Crippen LogP contribution is -2.39. The maximum Gasteiger partial charge on any atom is 0.257 e. The first-order chi connectivity index (χ1) is 10.6. The van der Waals surface area contributed by atoms with Crippen LogP contribution < -0.4 is 5.32 Å². The van der Waals surface area contributed by atoms with Crippen LogP contribution in [0.2, 0.25) is 0 Å². The summed E-state index contributed by atoms with van der Waals surface area (Å²) in [5.41, 5.74) is 2.47. The van der Waals surface area contributed by atoms with E-state index in [1.54, 1.807) is 6.20 Å². The van der Waals surface area contributed by atoms with Gasteiger partial charge >= 0.3 is 0 Å². The highest BCUT2D eigenvalue weighted by atomic mass is 16.2. The Morgan fingerprint density at radius 2 is 2.32 bits per heavy atom. The minimum atomic E-state index is 0.0627. The summed E-state index contributed by atoms with van der Waals surface area (Å²) in [6, 6.07) is 6.10. The van der Waals surface area contributed by atoms with Crippen LogP contribution in [0.15, 0.2) is 24.4 Å². The molecule has 0 bridgehead atoms. The molecule has 3 heterocycles. The molecule has 116 valence electrons. The van der Waals surface area contributed by atoms with Crippen molar-refractivity contribution in [2.24, 2.45) is 0 Å². The van der Waals surface area contributed by atoms with E-state index in [-0.39, 0.29) is 11.9 Å². The van der Waals surface area contributed by atoms with Crippen LogP contribution in [0.4, 0.5) is 5.82 Å². The van der Waals surface area contributed by atoms with E-state index in [2.05, 4.69) is 20.5 Å². The Hall–Kier alpha value is -2.37. The van der Waals surface area contributed by atoms with Crippen LogP contribution in [0.3, 0.4) is 0 Å². The average Bonchev–Trinajstić information content (AvgIpc) is 3.13. The number of anilines is 1. The molecule has 6 heteroatoms. The van der Waals surface area contributed by atoms with Gasteiger partial charge < -0.3 is 10.2 Å². The van der Waals surface area contributed by atoms with Crippen LogP contribution in [-0.2, 0) is 0 Å². The summed E-state index contributed by atoms with van der Waals surface area (Å²) in [5.74, 6) is 0.923. The highest BCUT2D eigenvalue weighted by molar-refractivity contribution is 5.95. The summed E-state index contributed by atoms with van der Waals surface area (Å²) in [7, 11) is 0. The van der Waals surface area contributed by atoms with Crippen molar-refractivity contribution < 1.29 is 4.79 Å². The van der Waals surface area contributed by atoms with Crippen LogP contribution in [0.5, 0.6) is 0 Å². The normalized spacial score (nSPS) is 17.7. The van der Waals surface area contributed by atoms with Crippen molar-refractivity contribution in [1.29, 1.82) is 0 Å².